The zero-order valence-corrected chi connectivity index (χ0v) is 11.0. The monoisotopic (exact) mass is 274 g/mol. The van der Waals surface area contributed by atoms with Gasteiger partial charge in [0.2, 0.25) is 0 Å². The normalized spacial score (nSPS) is 11.5. The molecule has 0 atom stereocenters. The Kier molecular flexibility index (Phi) is 2.81. The molecule has 0 aliphatic carbocycles. The van der Waals surface area contributed by atoms with E-state index in [1.807, 2.05) is 17.4 Å². The number of hydrogen-bond acceptors (Lipinski definition) is 1. The van der Waals surface area contributed by atoms with Gasteiger partial charge in [0.1, 0.15) is 0 Å². The van der Waals surface area contributed by atoms with Crippen molar-refractivity contribution in [2.45, 2.75) is 14.8 Å². The van der Waals surface area contributed by atoms with Crippen LogP contribution in [0.15, 0.2) is 18.7 Å². The molecule has 0 saturated carbocycles. The molecule has 1 aromatic rings. The molecule has 60 valence electrons. The summed E-state index contributed by atoms with van der Waals surface area (Å²) in [7, 11) is 0. The van der Waals surface area contributed by atoms with Crippen molar-refractivity contribution in [1.82, 2.24) is 0 Å². The zero-order chi connectivity index (χ0) is 8.48. The van der Waals surface area contributed by atoms with E-state index in [-0.39, 0.29) is 0 Å². The molecule has 0 aliphatic rings. The molecule has 11 heavy (non-hydrogen) atoms. The Labute approximate surface area is 76.8 Å². The zero-order valence-electron chi connectivity index (χ0n) is 7.35. The molecule has 0 radical (unpaired) electrons. The molecule has 2 heteroatoms. The van der Waals surface area contributed by atoms with Crippen molar-refractivity contribution in [3.63, 3.8) is 0 Å². The Morgan fingerprint density at radius 3 is 2.27 bits per heavy atom. The average molecular weight is 273 g/mol. The number of rotatable bonds is 2. The summed E-state index contributed by atoms with van der Waals surface area (Å²) in [6, 6.07) is 4.45. The summed E-state index contributed by atoms with van der Waals surface area (Å²) in [4.78, 5) is 8.63. The molecule has 0 nitrogen and oxygen atoms in total. The van der Waals surface area contributed by atoms with Gasteiger partial charge in [-0.15, -0.1) is 0 Å². The molecule has 0 aromatic carbocycles. The molecule has 0 N–H and O–H groups in total. The van der Waals surface area contributed by atoms with Crippen LogP contribution in [0, 0.1) is 0 Å². The van der Waals surface area contributed by atoms with E-state index in [1.165, 1.54) is 4.88 Å². The topological polar surface area (TPSA) is 0 Å². The third kappa shape index (κ3) is 2.34. The second kappa shape index (κ2) is 3.31. The van der Waals surface area contributed by atoms with Gasteiger partial charge in [0.05, 0.1) is 0 Å². The molecule has 0 unspecified atom stereocenters. The molecule has 1 heterocycles. The van der Waals surface area contributed by atoms with E-state index in [0.717, 1.165) is 0 Å². The van der Waals surface area contributed by atoms with E-state index in [4.69, 9.17) is 0 Å². The van der Waals surface area contributed by atoms with Crippen molar-refractivity contribution in [1.29, 1.82) is 0 Å². The van der Waals surface area contributed by atoms with Crippen LogP contribution < -0.4 is 2.89 Å². The molecule has 0 aliphatic heterocycles. The van der Waals surface area contributed by atoms with Gasteiger partial charge in [-0.3, -0.25) is 0 Å². The van der Waals surface area contributed by atoms with Crippen molar-refractivity contribution in [3.8, 4) is 0 Å². The van der Waals surface area contributed by atoms with Crippen molar-refractivity contribution in [3.05, 3.63) is 23.6 Å². The molecule has 1 rings (SSSR count). The van der Waals surface area contributed by atoms with Gasteiger partial charge in [-0.2, -0.15) is 0 Å². The van der Waals surface area contributed by atoms with Gasteiger partial charge < -0.3 is 0 Å². The van der Waals surface area contributed by atoms with E-state index in [2.05, 4.69) is 33.5 Å². The average Bonchev–Trinajstić information content (AvgIpc) is 2.32. The van der Waals surface area contributed by atoms with Crippen LogP contribution in [0.2, 0.25) is 14.8 Å². The summed E-state index contributed by atoms with van der Waals surface area (Å²) in [5.41, 5.74) is 0. The van der Waals surface area contributed by atoms with E-state index < -0.39 is 18.4 Å². The van der Waals surface area contributed by atoms with Gasteiger partial charge in [0, 0.05) is 0 Å². The summed E-state index contributed by atoms with van der Waals surface area (Å²) in [5, 5.41) is 0. The standard InChI is InChI=1S/C6H5S.3CH3.Sn/c1-2-6-4-3-5-7-6;;;;/h2-4H,1H2;3*1H3;. The first kappa shape index (κ1) is 9.33. The fourth-order valence-electron chi connectivity index (χ4n) is 0.866. The first-order valence-electron chi connectivity index (χ1n) is 3.77. The maximum atomic E-state index is 3.76. The molecule has 1 aromatic heterocycles. The minimum absolute atomic E-state index is 1.31. The van der Waals surface area contributed by atoms with Gasteiger partial charge in [0.15, 0.2) is 0 Å². The van der Waals surface area contributed by atoms with Crippen LogP contribution in [-0.4, -0.2) is 18.4 Å². The molecular weight excluding hydrogens is 259 g/mol. The first-order valence-corrected chi connectivity index (χ1v) is 14.6. The summed E-state index contributed by atoms with van der Waals surface area (Å²) in [6.07, 6.45) is 1.94. The van der Waals surface area contributed by atoms with Gasteiger partial charge in [-0.25, -0.2) is 0 Å². The number of hydrogen-bond donors (Lipinski definition) is 0. The Balaban J connectivity index is 2.98. The van der Waals surface area contributed by atoms with Crippen LogP contribution in [0.5, 0.6) is 0 Å². The molecule has 0 amide bonds. The van der Waals surface area contributed by atoms with E-state index in [9.17, 15) is 0 Å². The quantitative estimate of drug-likeness (QED) is 0.727. The van der Waals surface area contributed by atoms with Crippen molar-refractivity contribution in [2.24, 2.45) is 0 Å². The van der Waals surface area contributed by atoms with E-state index in [0.29, 0.717) is 0 Å². The van der Waals surface area contributed by atoms with Crippen LogP contribution in [0.25, 0.3) is 6.08 Å². The van der Waals surface area contributed by atoms with Crippen LogP contribution in [0.4, 0.5) is 0 Å². The summed E-state index contributed by atoms with van der Waals surface area (Å²) < 4.78 is 1.63. The molecule has 0 spiro atoms. The van der Waals surface area contributed by atoms with Gasteiger partial charge in [-0.05, 0) is 0 Å². The van der Waals surface area contributed by atoms with Crippen molar-refractivity contribution < 1.29 is 0 Å². The second-order valence-electron chi connectivity index (χ2n) is 3.66. The Morgan fingerprint density at radius 1 is 1.36 bits per heavy atom. The summed E-state index contributed by atoms with van der Waals surface area (Å²) in [5.74, 6) is 0. The van der Waals surface area contributed by atoms with E-state index >= 15 is 0 Å². The summed E-state index contributed by atoms with van der Waals surface area (Å²) in [6.45, 7) is 3.76. The van der Waals surface area contributed by atoms with Crippen molar-refractivity contribution in [2.75, 3.05) is 0 Å². The van der Waals surface area contributed by atoms with Gasteiger partial charge >= 0.3 is 77.1 Å². The van der Waals surface area contributed by atoms with Crippen LogP contribution in [0.3, 0.4) is 0 Å². The summed E-state index contributed by atoms with van der Waals surface area (Å²) >= 11 is 0.170. The maximum absolute atomic E-state index is 3.76. The van der Waals surface area contributed by atoms with Gasteiger partial charge in [0.25, 0.3) is 0 Å². The third-order valence-corrected chi connectivity index (χ3v) is 12.1. The molecular formula is C9H14SSn. The predicted molar refractivity (Wildman–Crippen MR) is 57.4 cm³/mol. The second-order valence-corrected chi connectivity index (χ2v) is 20.2. The fraction of sp³-hybridized carbons (Fsp3) is 0.333. The van der Waals surface area contributed by atoms with Crippen LogP contribution >= 0.6 is 11.3 Å². The Bertz CT molecular complexity index is 255. The molecule has 0 saturated heterocycles. The van der Waals surface area contributed by atoms with Gasteiger partial charge in [-0.1, -0.05) is 0 Å². The molecule has 0 bridgehead atoms. The van der Waals surface area contributed by atoms with Crippen molar-refractivity contribution >= 4 is 38.7 Å². The number of thiophene rings is 1. The van der Waals surface area contributed by atoms with Crippen LogP contribution in [-0.2, 0) is 0 Å². The minimum atomic E-state index is -1.74. The van der Waals surface area contributed by atoms with Crippen LogP contribution in [0.1, 0.15) is 4.88 Å². The Morgan fingerprint density at radius 2 is 2.00 bits per heavy atom. The van der Waals surface area contributed by atoms with E-state index in [1.54, 1.807) is 2.89 Å². The Hall–Kier alpha value is 0.239. The third-order valence-electron chi connectivity index (χ3n) is 1.57. The predicted octanol–water partition coefficient (Wildman–Crippen LogP) is 2.94. The molecule has 0 fully saturated rings. The first-order chi connectivity index (χ1) is 5.04. The fourth-order valence-corrected chi connectivity index (χ4v) is 7.08. The SMILES string of the molecule is C=Cc1cc[c]([Sn]([CH3])([CH3])[CH3])s1.